The molecule has 0 atom stereocenters. The van der Waals surface area contributed by atoms with Gasteiger partial charge in [-0.1, -0.05) is 63.1 Å². The predicted octanol–water partition coefficient (Wildman–Crippen LogP) is 4.60. The van der Waals surface area contributed by atoms with E-state index < -0.39 is 0 Å². The summed E-state index contributed by atoms with van der Waals surface area (Å²) in [6, 6.07) is 10.3. The molecule has 0 fully saturated rings. The highest BCUT2D eigenvalue weighted by atomic mass is 15.0. The van der Waals surface area contributed by atoms with Crippen LogP contribution in [0.2, 0.25) is 0 Å². The minimum absolute atomic E-state index is 1.06. The Hall–Kier alpha value is -1.61. The number of hydrogen-bond donors (Lipinski definition) is 1. The molecule has 0 aliphatic heterocycles. The van der Waals surface area contributed by atoms with Gasteiger partial charge in [-0.2, -0.15) is 0 Å². The van der Waals surface area contributed by atoms with E-state index in [0.29, 0.717) is 0 Å². The molecule has 22 heavy (non-hydrogen) atoms. The fourth-order valence-corrected chi connectivity index (χ4v) is 1.69. The molecule has 1 aromatic carbocycles. The van der Waals surface area contributed by atoms with Crippen LogP contribution in [-0.4, -0.2) is 22.6 Å². The van der Waals surface area contributed by atoms with Crippen molar-refractivity contribution in [3.05, 3.63) is 54.1 Å². The summed E-state index contributed by atoms with van der Waals surface area (Å²) in [6.45, 7) is 13.7. The molecule has 3 heteroatoms. The summed E-state index contributed by atoms with van der Waals surface area (Å²) in [5.74, 6) is 0. The van der Waals surface area contributed by atoms with Gasteiger partial charge in [0, 0.05) is 12.7 Å². The molecule has 0 spiro atoms. The molecule has 0 aliphatic rings. The summed E-state index contributed by atoms with van der Waals surface area (Å²) in [5, 5.41) is 3.29. The van der Waals surface area contributed by atoms with Crippen molar-refractivity contribution in [3.63, 3.8) is 0 Å². The third-order valence-corrected chi connectivity index (χ3v) is 2.72. The normalized spacial score (nSPS) is 9.32. The molecule has 0 unspecified atom stereocenters. The number of aromatic nitrogens is 2. The van der Waals surface area contributed by atoms with Crippen molar-refractivity contribution in [2.75, 3.05) is 13.1 Å². The van der Waals surface area contributed by atoms with Crippen molar-refractivity contribution in [1.29, 1.82) is 0 Å². The van der Waals surface area contributed by atoms with Gasteiger partial charge in [0.1, 0.15) is 0 Å². The zero-order valence-electron chi connectivity index (χ0n) is 15.0. The maximum atomic E-state index is 4.16. The zero-order chi connectivity index (χ0) is 16.6. The third kappa shape index (κ3) is 12.2. The van der Waals surface area contributed by atoms with Gasteiger partial charge in [-0.25, -0.2) is 4.98 Å². The topological polar surface area (TPSA) is 29.9 Å². The minimum Gasteiger partial charge on any atom is -0.337 e. The molecular weight excluding hydrogens is 270 g/mol. The van der Waals surface area contributed by atoms with E-state index in [1.54, 1.807) is 0 Å². The number of rotatable bonds is 5. The van der Waals surface area contributed by atoms with Gasteiger partial charge in [-0.15, -0.1) is 0 Å². The standard InChI is InChI=1S/C9H17N3.C7H8.C3H8/c1-3-10-5-4-6-12-7-9(2)11-8-12;1-7-5-3-2-4-6-7;1-3-2/h7-8,10H,3-6H2,1-2H3;2-6H,1H3;3H2,1-2H3. The van der Waals surface area contributed by atoms with Gasteiger partial charge in [-0.05, 0) is 33.4 Å². The Morgan fingerprint density at radius 1 is 1.05 bits per heavy atom. The fourth-order valence-electron chi connectivity index (χ4n) is 1.69. The first-order valence-electron chi connectivity index (χ1n) is 8.34. The maximum Gasteiger partial charge on any atom is 0.0949 e. The van der Waals surface area contributed by atoms with Gasteiger partial charge < -0.3 is 9.88 Å². The first-order valence-corrected chi connectivity index (χ1v) is 8.34. The third-order valence-electron chi connectivity index (χ3n) is 2.72. The van der Waals surface area contributed by atoms with E-state index in [2.05, 4.69) is 60.9 Å². The Labute approximate surface area is 136 Å². The van der Waals surface area contributed by atoms with Crippen LogP contribution in [0.25, 0.3) is 0 Å². The van der Waals surface area contributed by atoms with E-state index in [4.69, 9.17) is 0 Å². The Bertz CT molecular complexity index is 449. The Morgan fingerprint density at radius 2 is 1.68 bits per heavy atom. The van der Waals surface area contributed by atoms with Crippen molar-refractivity contribution in [2.45, 2.75) is 54.0 Å². The molecule has 124 valence electrons. The molecule has 2 rings (SSSR count). The van der Waals surface area contributed by atoms with Crippen LogP contribution >= 0.6 is 0 Å². The number of nitrogens with zero attached hydrogens (tertiary/aromatic N) is 2. The SMILES string of the molecule is CCC.CCNCCCn1cnc(C)c1.Cc1ccccc1. The highest BCUT2D eigenvalue weighted by molar-refractivity contribution is 5.11. The van der Waals surface area contributed by atoms with Crippen LogP contribution in [-0.2, 0) is 6.54 Å². The van der Waals surface area contributed by atoms with Gasteiger partial charge in [0.2, 0.25) is 0 Å². The first kappa shape index (κ1) is 20.4. The predicted molar refractivity (Wildman–Crippen MR) is 97.3 cm³/mol. The Morgan fingerprint density at radius 3 is 2.09 bits per heavy atom. The van der Waals surface area contributed by atoms with Crippen LogP contribution in [0.15, 0.2) is 42.9 Å². The number of benzene rings is 1. The Kier molecular flexibility index (Phi) is 13.3. The first-order chi connectivity index (χ1) is 10.6. The smallest absolute Gasteiger partial charge is 0.0949 e. The highest BCUT2D eigenvalue weighted by Crippen LogP contribution is 1.94. The molecule has 2 aromatic rings. The van der Waals surface area contributed by atoms with E-state index in [9.17, 15) is 0 Å². The quantitative estimate of drug-likeness (QED) is 0.818. The van der Waals surface area contributed by atoms with Crippen LogP contribution in [0, 0.1) is 13.8 Å². The van der Waals surface area contributed by atoms with Crippen LogP contribution in [0.4, 0.5) is 0 Å². The van der Waals surface area contributed by atoms with E-state index in [-0.39, 0.29) is 0 Å². The van der Waals surface area contributed by atoms with Gasteiger partial charge in [0.05, 0.1) is 12.0 Å². The number of nitrogens with one attached hydrogen (secondary N) is 1. The Balaban J connectivity index is 0.000000372. The lowest BCUT2D eigenvalue weighted by molar-refractivity contribution is 0.592. The molecule has 0 amide bonds. The molecule has 0 bridgehead atoms. The van der Waals surface area contributed by atoms with E-state index >= 15 is 0 Å². The molecule has 1 N–H and O–H groups in total. The van der Waals surface area contributed by atoms with Crippen molar-refractivity contribution in [2.24, 2.45) is 0 Å². The van der Waals surface area contributed by atoms with Crippen molar-refractivity contribution in [3.8, 4) is 0 Å². The largest absolute Gasteiger partial charge is 0.337 e. The molecule has 1 heterocycles. The average molecular weight is 303 g/mol. The molecule has 0 saturated heterocycles. The van der Waals surface area contributed by atoms with Crippen molar-refractivity contribution in [1.82, 2.24) is 14.9 Å². The van der Waals surface area contributed by atoms with Gasteiger partial charge >= 0.3 is 0 Å². The number of imidazole rings is 1. The lowest BCUT2D eigenvalue weighted by atomic mass is 10.2. The highest BCUT2D eigenvalue weighted by Gasteiger charge is 1.92. The van der Waals surface area contributed by atoms with Crippen molar-refractivity contribution < 1.29 is 0 Å². The van der Waals surface area contributed by atoms with E-state index in [1.165, 1.54) is 18.4 Å². The van der Waals surface area contributed by atoms with Gasteiger partial charge in [0.15, 0.2) is 0 Å². The van der Waals surface area contributed by atoms with Crippen LogP contribution < -0.4 is 5.32 Å². The molecular formula is C19H33N3. The zero-order valence-corrected chi connectivity index (χ0v) is 15.0. The van der Waals surface area contributed by atoms with Crippen LogP contribution in [0.5, 0.6) is 0 Å². The molecule has 1 aromatic heterocycles. The summed E-state index contributed by atoms with van der Waals surface area (Å²) in [6.07, 6.45) is 6.39. The molecule has 0 aliphatic carbocycles. The minimum atomic E-state index is 1.06. The lowest BCUT2D eigenvalue weighted by Crippen LogP contribution is -2.15. The second kappa shape index (κ2) is 14.3. The molecule has 3 nitrogen and oxygen atoms in total. The van der Waals surface area contributed by atoms with E-state index in [1.807, 2.05) is 31.5 Å². The van der Waals surface area contributed by atoms with Crippen LogP contribution in [0.3, 0.4) is 0 Å². The fraction of sp³-hybridized carbons (Fsp3) is 0.526. The maximum absolute atomic E-state index is 4.16. The second-order valence-corrected chi connectivity index (χ2v) is 5.32. The monoisotopic (exact) mass is 303 g/mol. The van der Waals surface area contributed by atoms with Gasteiger partial charge in [0.25, 0.3) is 0 Å². The lowest BCUT2D eigenvalue weighted by Gasteiger charge is -2.01. The van der Waals surface area contributed by atoms with E-state index in [0.717, 1.165) is 25.3 Å². The number of aryl methyl sites for hydroxylation is 3. The van der Waals surface area contributed by atoms with Crippen LogP contribution in [0.1, 0.15) is 44.9 Å². The summed E-state index contributed by atoms with van der Waals surface area (Å²) >= 11 is 0. The molecule has 0 radical (unpaired) electrons. The average Bonchev–Trinajstić information content (AvgIpc) is 2.92. The second-order valence-electron chi connectivity index (χ2n) is 5.32. The summed E-state index contributed by atoms with van der Waals surface area (Å²) in [7, 11) is 0. The molecule has 0 saturated carbocycles. The van der Waals surface area contributed by atoms with Gasteiger partial charge in [-0.3, -0.25) is 0 Å². The summed E-state index contributed by atoms with van der Waals surface area (Å²) < 4.78 is 2.13. The summed E-state index contributed by atoms with van der Waals surface area (Å²) in [5.41, 5.74) is 2.42. The van der Waals surface area contributed by atoms with Crippen molar-refractivity contribution >= 4 is 0 Å². The summed E-state index contributed by atoms with van der Waals surface area (Å²) in [4.78, 5) is 4.16. The number of hydrogen-bond acceptors (Lipinski definition) is 2.